The average molecular weight is 354 g/mol. The fraction of sp³-hybridized carbons (Fsp3) is 0.381. The van der Waals surface area contributed by atoms with Crippen LogP contribution in [0.3, 0.4) is 0 Å². The van der Waals surface area contributed by atoms with Crippen LogP contribution in [-0.4, -0.2) is 45.2 Å². The second-order valence-electron chi connectivity index (χ2n) is 6.53. The molecule has 0 atom stereocenters. The van der Waals surface area contributed by atoms with Crippen LogP contribution < -0.4 is 14.4 Å². The minimum absolute atomic E-state index is 0.0861. The van der Waals surface area contributed by atoms with E-state index in [4.69, 9.17) is 9.47 Å². The normalized spacial score (nSPS) is 13.6. The Labute approximate surface area is 155 Å². The molecule has 1 heterocycles. The molecule has 3 rings (SSSR count). The summed E-state index contributed by atoms with van der Waals surface area (Å²) in [4.78, 5) is 17.1. The first kappa shape index (κ1) is 18.1. The molecule has 0 saturated carbocycles. The number of benzene rings is 2. The Hall–Kier alpha value is -2.69. The number of nitrogens with zero attached hydrogens (tertiary/aromatic N) is 2. The van der Waals surface area contributed by atoms with Gasteiger partial charge in [0.1, 0.15) is 0 Å². The molecule has 0 bridgehead atoms. The lowest BCUT2D eigenvalue weighted by molar-refractivity contribution is 0.0781. The SMILES string of the molecule is COc1cccc(C(=O)N(C)Cc2ccccc2N2CCCC2)c1OC. The molecule has 0 aliphatic carbocycles. The number of anilines is 1. The van der Waals surface area contributed by atoms with E-state index in [1.54, 1.807) is 37.3 Å². The molecule has 1 amide bonds. The second-order valence-corrected chi connectivity index (χ2v) is 6.53. The van der Waals surface area contributed by atoms with Crippen molar-refractivity contribution in [3.63, 3.8) is 0 Å². The van der Waals surface area contributed by atoms with Gasteiger partial charge in [0.05, 0.1) is 19.8 Å². The first-order valence-electron chi connectivity index (χ1n) is 8.95. The first-order valence-corrected chi connectivity index (χ1v) is 8.95. The van der Waals surface area contributed by atoms with Crippen molar-refractivity contribution in [3.05, 3.63) is 53.6 Å². The molecule has 5 nitrogen and oxygen atoms in total. The number of hydrogen-bond donors (Lipinski definition) is 0. The highest BCUT2D eigenvalue weighted by atomic mass is 16.5. The number of ether oxygens (including phenoxy) is 2. The van der Waals surface area contributed by atoms with Crippen LogP contribution in [0.4, 0.5) is 5.69 Å². The summed E-state index contributed by atoms with van der Waals surface area (Å²) in [7, 11) is 4.95. The van der Waals surface area contributed by atoms with E-state index >= 15 is 0 Å². The van der Waals surface area contributed by atoms with Gasteiger partial charge in [-0.3, -0.25) is 4.79 Å². The molecule has 0 N–H and O–H groups in total. The van der Waals surface area contributed by atoms with Gasteiger partial charge >= 0.3 is 0 Å². The Balaban J connectivity index is 1.83. The number of carbonyl (C=O) groups is 1. The predicted molar refractivity (Wildman–Crippen MR) is 103 cm³/mol. The molecule has 0 radical (unpaired) electrons. The first-order chi connectivity index (χ1) is 12.7. The van der Waals surface area contributed by atoms with Crippen LogP contribution >= 0.6 is 0 Å². The van der Waals surface area contributed by atoms with Crippen LogP contribution in [0.1, 0.15) is 28.8 Å². The summed E-state index contributed by atoms with van der Waals surface area (Å²) in [6.45, 7) is 2.71. The van der Waals surface area contributed by atoms with E-state index in [-0.39, 0.29) is 5.91 Å². The smallest absolute Gasteiger partial charge is 0.257 e. The summed E-state index contributed by atoms with van der Waals surface area (Å²) in [6, 6.07) is 13.7. The number of hydrogen-bond acceptors (Lipinski definition) is 4. The van der Waals surface area contributed by atoms with Gasteiger partial charge in [0.2, 0.25) is 0 Å². The van der Waals surface area contributed by atoms with Crippen LogP contribution in [0.2, 0.25) is 0 Å². The fourth-order valence-corrected chi connectivity index (χ4v) is 3.50. The van der Waals surface area contributed by atoms with Crippen molar-refractivity contribution in [3.8, 4) is 11.5 Å². The van der Waals surface area contributed by atoms with E-state index in [1.165, 1.54) is 18.5 Å². The van der Waals surface area contributed by atoms with Gasteiger partial charge in [-0.25, -0.2) is 0 Å². The lowest BCUT2D eigenvalue weighted by Crippen LogP contribution is -2.28. The summed E-state index contributed by atoms with van der Waals surface area (Å²) in [5.74, 6) is 0.945. The molecule has 0 aromatic heterocycles. The summed E-state index contributed by atoms with van der Waals surface area (Å²) < 4.78 is 10.7. The molecule has 1 aliphatic rings. The van der Waals surface area contributed by atoms with Gasteiger partial charge in [-0.1, -0.05) is 24.3 Å². The van der Waals surface area contributed by atoms with E-state index < -0.39 is 0 Å². The van der Waals surface area contributed by atoms with Crippen molar-refractivity contribution in [2.24, 2.45) is 0 Å². The Morgan fingerprint density at radius 2 is 1.77 bits per heavy atom. The molecule has 1 saturated heterocycles. The van der Waals surface area contributed by atoms with E-state index in [0.717, 1.165) is 18.7 Å². The van der Waals surface area contributed by atoms with Crippen LogP contribution in [0.15, 0.2) is 42.5 Å². The van der Waals surface area contributed by atoms with Gasteiger partial charge in [0.25, 0.3) is 5.91 Å². The molecule has 0 unspecified atom stereocenters. The standard InChI is InChI=1S/C21H26N2O3/c1-22(21(24)17-10-8-12-19(25-2)20(17)26-3)15-16-9-4-5-11-18(16)23-13-6-7-14-23/h4-5,8-12H,6-7,13-15H2,1-3H3. The summed E-state index contributed by atoms with van der Waals surface area (Å²) in [5, 5.41) is 0. The molecule has 26 heavy (non-hydrogen) atoms. The molecular formula is C21H26N2O3. The van der Waals surface area contributed by atoms with Gasteiger partial charge in [0.15, 0.2) is 11.5 Å². The topological polar surface area (TPSA) is 42.0 Å². The monoisotopic (exact) mass is 354 g/mol. The maximum absolute atomic E-state index is 13.0. The van der Waals surface area contributed by atoms with Gasteiger partial charge in [-0.15, -0.1) is 0 Å². The van der Waals surface area contributed by atoms with E-state index in [1.807, 2.05) is 13.1 Å². The van der Waals surface area contributed by atoms with Gasteiger partial charge in [-0.05, 0) is 36.6 Å². The molecule has 1 fully saturated rings. The Morgan fingerprint density at radius 3 is 2.46 bits per heavy atom. The van der Waals surface area contributed by atoms with Crippen molar-refractivity contribution in [1.82, 2.24) is 4.90 Å². The largest absolute Gasteiger partial charge is 0.493 e. The second kappa shape index (κ2) is 8.13. The summed E-state index contributed by atoms with van der Waals surface area (Å²) in [6.07, 6.45) is 2.45. The third kappa shape index (κ3) is 3.62. The highest BCUT2D eigenvalue weighted by Gasteiger charge is 2.22. The molecular weight excluding hydrogens is 328 g/mol. The maximum Gasteiger partial charge on any atom is 0.257 e. The molecule has 0 spiro atoms. The molecule has 2 aromatic carbocycles. The zero-order chi connectivity index (χ0) is 18.5. The van der Waals surface area contributed by atoms with Crippen molar-refractivity contribution < 1.29 is 14.3 Å². The minimum atomic E-state index is -0.0861. The van der Waals surface area contributed by atoms with Crippen molar-refractivity contribution in [2.45, 2.75) is 19.4 Å². The molecule has 2 aromatic rings. The Kier molecular flexibility index (Phi) is 5.66. The highest BCUT2D eigenvalue weighted by molar-refractivity contribution is 5.97. The minimum Gasteiger partial charge on any atom is -0.493 e. The molecule has 5 heteroatoms. The quantitative estimate of drug-likeness (QED) is 0.795. The van der Waals surface area contributed by atoms with E-state index in [9.17, 15) is 4.79 Å². The Morgan fingerprint density at radius 1 is 1.04 bits per heavy atom. The Bertz CT molecular complexity index is 770. The third-order valence-corrected chi connectivity index (χ3v) is 4.83. The summed E-state index contributed by atoms with van der Waals surface area (Å²) >= 11 is 0. The number of rotatable bonds is 6. The van der Waals surface area contributed by atoms with Gasteiger partial charge < -0.3 is 19.3 Å². The molecule has 138 valence electrons. The van der Waals surface area contributed by atoms with Crippen molar-refractivity contribution in [2.75, 3.05) is 39.3 Å². The van der Waals surface area contributed by atoms with E-state index in [2.05, 4.69) is 23.1 Å². The number of carbonyl (C=O) groups excluding carboxylic acids is 1. The number of methoxy groups -OCH3 is 2. The van der Waals surface area contributed by atoms with Crippen LogP contribution in [0.5, 0.6) is 11.5 Å². The van der Waals surface area contributed by atoms with E-state index in [0.29, 0.717) is 23.6 Å². The number of amides is 1. The maximum atomic E-state index is 13.0. The average Bonchev–Trinajstić information content (AvgIpc) is 3.21. The van der Waals surface area contributed by atoms with Crippen molar-refractivity contribution >= 4 is 11.6 Å². The zero-order valence-electron chi connectivity index (χ0n) is 15.7. The molecule has 1 aliphatic heterocycles. The van der Waals surface area contributed by atoms with Crippen LogP contribution in [0.25, 0.3) is 0 Å². The lowest BCUT2D eigenvalue weighted by atomic mass is 10.1. The van der Waals surface area contributed by atoms with Gasteiger partial charge in [-0.2, -0.15) is 0 Å². The zero-order valence-corrected chi connectivity index (χ0v) is 15.7. The van der Waals surface area contributed by atoms with Gasteiger partial charge in [0, 0.05) is 32.4 Å². The summed E-state index contributed by atoms with van der Waals surface area (Å²) in [5.41, 5.74) is 2.89. The fourth-order valence-electron chi connectivity index (χ4n) is 3.50. The third-order valence-electron chi connectivity index (χ3n) is 4.83. The van der Waals surface area contributed by atoms with Crippen molar-refractivity contribution in [1.29, 1.82) is 0 Å². The highest BCUT2D eigenvalue weighted by Crippen LogP contribution is 2.32. The predicted octanol–water partition coefficient (Wildman–Crippen LogP) is 3.58. The van der Waals surface area contributed by atoms with Crippen LogP contribution in [0, 0.1) is 0 Å². The lowest BCUT2D eigenvalue weighted by Gasteiger charge is -2.25. The van der Waals surface area contributed by atoms with Crippen LogP contribution in [-0.2, 0) is 6.54 Å². The number of para-hydroxylation sites is 2.